The highest BCUT2D eigenvalue weighted by Gasteiger charge is 2.20. The van der Waals surface area contributed by atoms with Gasteiger partial charge in [0.2, 0.25) is 0 Å². The number of hydrogen-bond acceptors (Lipinski definition) is 4. The van der Waals surface area contributed by atoms with E-state index in [0.717, 1.165) is 28.2 Å². The SMILES string of the molecule is Cc1ccc(OCCn2c([C@@H](C)NC(=O)c3ccco3)nc3ccccc32)c(C)c1. The number of nitrogens with zero attached hydrogens (tertiary/aromatic N) is 2. The molecule has 4 aromatic rings. The van der Waals surface area contributed by atoms with Crippen molar-refractivity contribution in [3.05, 3.63) is 83.6 Å². The van der Waals surface area contributed by atoms with Gasteiger partial charge in [0.05, 0.1) is 29.9 Å². The van der Waals surface area contributed by atoms with Gasteiger partial charge < -0.3 is 19.0 Å². The zero-order chi connectivity index (χ0) is 21.1. The summed E-state index contributed by atoms with van der Waals surface area (Å²) in [6, 6.07) is 17.2. The lowest BCUT2D eigenvalue weighted by atomic mass is 10.1. The summed E-state index contributed by atoms with van der Waals surface area (Å²) in [5.74, 6) is 1.67. The summed E-state index contributed by atoms with van der Waals surface area (Å²) in [5.41, 5.74) is 4.22. The lowest BCUT2D eigenvalue weighted by Crippen LogP contribution is -2.29. The normalized spacial score (nSPS) is 12.1. The topological polar surface area (TPSA) is 69.3 Å². The molecule has 6 nitrogen and oxygen atoms in total. The number of hydrogen-bond donors (Lipinski definition) is 1. The number of imidazole rings is 1. The first-order valence-corrected chi connectivity index (χ1v) is 10.0. The molecule has 6 heteroatoms. The number of nitrogens with one attached hydrogen (secondary N) is 1. The van der Waals surface area contributed by atoms with Gasteiger partial charge in [-0.25, -0.2) is 4.98 Å². The van der Waals surface area contributed by atoms with Crippen LogP contribution in [-0.4, -0.2) is 22.1 Å². The number of benzene rings is 2. The Hall–Kier alpha value is -3.54. The van der Waals surface area contributed by atoms with Gasteiger partial charge in [-0.3, -0.25) is 4.79 Å². The van der Waals surface area contributed by atoms with Crippen molar-refractivity contribution < 1.29 is 13.9 Å². The highest BCUT2D eigenvalue weighted by atomic mass is 16.5. The van der Waals surface area contributed by atoms with Gasteiger partial charge in [-0.05, 0) is 56.7 Å². The second-order valence-electron chi connectivity index (χ2n) is 7.40. The van der Waals surface area contributed by atoms with E-state index in [1.165, 1.54) is 11.8 Å². The number of aryl methyl sites for hydroxylation is 2. The van der Waals surface area contributed by atoms with Crippen molar-refractivity contribution in [1.82, 2.24) is 14.9 Å². The molecule has 1 N–H and O–H groups in total. The number of carbonyl (C=O) groups excluding carboxylic acids is 1. The van der Waals surface area contributed by atoms with Gasteiger partial charge >= 0.3 is 0 Å². The van der Waals surface area contributed by atoms with Crippen LogP contribution in [0.25, 0.3) is 11.0 Å². The molecule has 0 aliphatic carbocycles. The van der Waals surface area contributed by atoms with E-state index in [2.05, 4.69) is 22.9 Å². The molecule has 2 heterocycles. The maximum Gasteiger partial charge on any atom is 0.287 e. The number of ether oxygens (including phenoxy) is 1. The van der Waals surface area contributed by atoms with E-state index in [1.54, 1.807) is 12.1 Å². The molecule has 1 atom stereocenters. The predicted octanol–water partition coefficient (Wildman–Crippen LogP) is 4.82. The molecule has 0 aliphatic heterocycles. The first-order valence-electron chi connectivity index (χ1n) is 10.0. The van der Waals surface area contributed by atoms with Gasteiger partial charge in [0.25, 0.3) is 5.91 Å². The minimum atomic E-state index is -0.295. The van der Waals surface area contributed by atoms with Crippen LogP contribution in [0.4, 0.5) is 0 Å². The first-order chi connectivity index (χ1) is 14.5. The number of furan rings is 1. The molecule has 0 aliphatic rings. The van der Waals surface area contributed by atoms with Crippen LogP contribution in [0.3, 0.4) is 0 Å². The second kappa shape index (κ2) is 8.45. The smallest absolute Gasteiger partial charge is 0.287 e. The molecular formula is C24H25N3O3. The Balaban J connectivity index is 1.54. The van der Waals surface area contributed by atoms with Gasteiger partial charge in [0.1, 0.15) is 18.2 Å². The monoisotopic (exact) mass is 403 g/mol. The summed E-state index contributed by atoms with van der Waals surface area (Å²) in [5, 5.41) is 2.97. The van der Waals surface area contributed by atoms with Crippen LogP contribution in [0.1, 0.15) is 40.5 Å². The van der Waals surface area contributed by atoms with E-state index in [-0.39, 0.29) is 17.7 Å². The van der Waals surface area contributed by atoms with E-state index < -0.39 is 0 Å². The number of amides is 1. The summed E-state index contributed by atoms with van der Waals surface area (Å²) in [4.78, 5) is 17.2. The second-order valence-corrected chi connectivity index (χ2v) is 7.40. The fourth-order valence-corrected chi connectivity index (χ4v) is 3.61. The number of aromatic nitrogens is 2. The highest BCUT2D eigenvalue weighted by molar-refractivity contribution is 5.91. The molecule has 1 amide bonds. The predicted molar refractivity (Wildman–Crippen MR) is 116 cm³/mol. The van der Waals surface area contributed by atoms with Crippen molar-refractivity contribution in [3.63, 3.8) is 0 Å². The maximum absolute atomic E-state index is 12.4. The molecule has 30 heavy (non-hydrogen) atoms. The minimum Gasteiger partial charge on any atom is -0.491 e. The van der Waals surface area contributed by atoms with E-state index in [0.29, 0.717) is 13.2 Å². The summed E-state index contributed by atoms with van der Waals surface area (Å²) < 4.78 is 13.3. The van der Waals surface area contributed by atoms with Crippen molar-refractivity contribution in [1.29, 1.82) is 0 Å². The van der Waals surface area contributed by atoms with Crippen LogP contribution in [0.15, 0.2) is 65.3 Å². The van der Waals surface area contributed by atoms with Crippen molar-refractivity contribution in [2.24, 2.45) is 0 Å². The van der Waals surface area contributed by atoms with Gasteiger partial charge in [0.15, 0.2) is 5.76 Å². The number of rotatable bonds is 7. The van der Waals surface area contributed by atoms with Crippen LogP contribution in [0.2, 0.25) is 0 Å². The Bertz CT molecular complexity index is 1160. The molecule has 0 saturated heterocycles. The van der Waals surface area contributed by atoms with E-state index >= 15 is 0 Å². The fraction of sp³-hybridized carbons (Fsp3) is 0.250. The molecular weight excluding hydrogens is 378 g/mol. The minimum absolute atomic E-state index is 0.266. The first kappa shape index (κ1) is 19.8. The summed E-state index contributed by atoms with van der Waals surface area (Å²) in [6.07, 6.45) is 1.49. The molecule has 0 unspecified atom stereocenters. The van der Waals surface area contributed by atoms with Crippen molar-refractivity contribution in [2.45, 2.75) is 33.4 Å². The molecule has 4 rings (SSSR count). The summed E-state index contributed by atoms with van der Waals surface area (Å²) >= 11 is 0. The lowest BCUT2D eigenvalue weighted by Gasteiger charge is -2.16. The third kappa shape index (κ3) is 4.08. The van der Waals surface area contributed by atoms with Gasteiger partial charge in [-0.1, -0.05) is 29.8 Å². The standard InChI is InChI=1S/C24H25N3O3/c1-16-10-11-21(17(2)15-16)30-14-12-27-20-8-5-4-7-19(20)26-23(27)18(3)25-24(28)22-9-6-13-29-22/h4-11,13,15,18H,12,14H2,1-3H3,(H,25,28)/t18-/m1/s1. The third-order valence-electron chi connectivity index (χ3n) is 5.07. The molecule has 0 fully saturated rings. The molecule has 154 valence electrons. The highest BCUT2D eigenvalue weighted by Crippen LogP contribution is 2.22. The van der Waals surface area contributed by atoms with Crippen molar-refractivity contribution >= 4 is 16.9 Å². The molecule has 0 saturated carbocycles. The zero-order valence-corrected chi connectivity index (χ0v) is 17.4. The van der Waals surface area contributed by atoms with Crippen molar-refractivity contribution in [2.75, 3.05) is 6.61 Å². The summed E-state index contributed by atoms with van der Waals surface area (Å²) in [7, 11) is 0. The quantitative estimate of drug-likeness (QED) is 0.480. The third-order valence-corrected chi connectivity index (χ3v) is 5.07. The Morgan fingerprint density at radius 3 is 2.77 bits per heavy atom. The zero-order valence-electron chi connectivity index (χ0n) is 17.4. The van der Waals surface area contributed by atoms with E-state index in [9.17, 15) is 4.79 Å². The summed E-state index contributed by atoms with van der Waals surface area (Å²) in [6.45, 7) is 7.15. The number of fused-ring (bicyclic) bond motifs is 1. The van der Waals surface area contributed by atoms with Gasteiger partial charge in [-0.2, -0.15) is 0 Å². The van der Waals surface area contributed by atoms with Crippen LogP contribution in [-0.2, 0) is 6.54 Å². The largest absolute Gasteiger partial charge is 0.491 e. The molecule has 2 aromatic carbocycles. The lowest BCUT2D eigenvalue weighted by molar-refractivity contribution is 0.0909. The van der Waals surface area contributed by atoms with E-state index in [1.807, 2.05) is 50.2 Å². The molecule has 0 bridgehead atoms. The fourth-order valence-electron chi connectivity index (χ4n) is 3.61. The average Bonchev–Trinajstić information content (AvgIpc) is 3.38. The number of carbonyl (C=O) groups is 1. The van der Waals surface area contributed by atoms with Crippen LogP contribution >= 0.6 is 0 Å². The average molecular weight is 403 g/mol. The Morgan fingerprint density at radius 2 is 2.00 bits per heavy atom. The van der Waals surface area contributed by atoms with Gasteiger partial charge in [-0.15, -0.1) is 0 Å². The number of para-hydroxylation sites is 2. The Labute approximate surface area is 175 Å². The van der Waals surface area contributed by atoms with Crippen LogP contribution < -0.4 is 10.1 Å². The Kier molecular flexibility index (Phi) is 5.57. The molecule has 0 radical (unpaired) electrons. The van der Waals surface area contributed by atoms with Gasteiger partial charge in [0, 0.05) is 0 Å². The van der Waals surface area contributed by atoms with E-state index in [4.69, 9.17) is 14.1 Å². The Morgan fingerprint density at radius 1 is 1.17 bits per heavy atom. The van der Waals surface area contributed by atoms with Crippen LogP contribution in [0.5, 0.6) is 5.75 Å². The maximum atomic E-state index is 12.4. The van der Waals surface area contributed by atoms with Crippen molar-refractivity contribution in [3.8, 4) is 5.75 Å². The molecule has 0 spiro atoms. The van der Waals surface area contributed by atoms with Crippen LogP contribution in [0, 0.1) is 13.8 Å². The molecule has 2 aromatic heterocycles.